The second kappa shape index (κ2) is 3.69. The van der Waals surface area contributed by atoms with E-state index in [1.165, 1.54) is 0 Å². The Kier molecular flexibility index (Phi) is 2.63. The highest BCUT2D eigenvalue weighted by molar-refractivity contribution is 5.20. The van der Waals surface area contributed by atoms with Crippen LogP contribution in [0.1, 0.15) is 64.2 Å². The van der Waals surface area contributed by atoms with Crippen molar-refractivity contribution in [2.45, 2.75) is 86.6 Å². The minimum absolute atomic E-state index is 0.118. The molecule has 3 aliphatic carbocycles. The zero-order chi connectivity index (χ0) is 13.1. The molecule has 4 nitrogen and oxygen atoms in total. The van der Waals surface area contributed by atoms with E-state index in [1.807, 2.05) is 0 Å². The fourth-order valence-corrected chi connectivity index (χ4v) is 4.58. The summed E-state index contributed by atoms with van der Waals surface area (Å²) in [6.07, 6.45) is 5.88. The lowest BCUT2D eigenvalue weighted by atomic mass is 9.51. The van der Waals surface area contributed by atoms with Crippen molar-refractivity contribution in [1.29, 1.82) is 0 Å². The van der Waals surface area contributed by atoms with Gasteiger partial charge in [-0.15, -0.1) is 0 Å². The van der Waals surface area contributed by atoms with Gasteiger partial charge in [-0.2, -0.15) is 0 Å². The summed E-state index contributed by atoms with van der Waals surface area (Å²) in [6.45, 7) is 0. The Morgan fingerprint density at radius 3 is 0.889 bits per heavy atom. The van der Waals surface area contributed by atoms with Crippen LogP contribution in [0.3, 0.4) is 0 Å². The fraction of sp³-hybridized carbons (Fsp3) is 1.00. The highest BCUT2D eigenvalue weighted by atomic mass is 16.4. The molecular weight excluding hydrogens is 232 g/mol. The number of aliphatic hydroxyl groups is 4. The Labute approximate surface area is 108 Å². The van der Waals surface area contributed by atoms with Crippen molar-refractivity contribution in [3.05, 3.63) is 0 Å². The molecule has 18 heavy (non-hydrogen) atoms. The summed E-state index contributed by atoms with van der Waals surface area (Å²) in [7, 11) is 0. The zero-order valence-corrected chi connectivity index (χ0v) is 10.9. The van der Waals surface area contributed by atoms with Crippen LogP contribution in [-0.4, -0.2) is 42.8 Å². The molecule has 0 aromatic rings. The normalized spacial score (nSPS) is 56.7. The van der Waals surface area contributed by atoms with Crippen molar-refractivity contribution in [3.8, 4) is 0 Å². The van der Waals surface area contributed by atoms with Crippen LogP contribution in [0.25, 0.3) is 0 Å². The van der Waals surface area contributed by atoms with Crippen LogP contribution >= 0.6 is 0 Å². The molecule has 0 aliphatic heterocycles. The fourth-order valence-electron chi connectivity index (χ4n) is 4.58. The molecule has 4 unspecified atom stereocenters. The summed E-state index contributed by atoms with van der Waals surface area (Å²) < 4.78 is 0. The molecule has 4 atom stereocenters. The number of hydrogen-bond acceptors (Lipinski definition) is 4. The zero-order valence-electron chi connectivity index (χ0n) is 10.9. The lowest BCUT2D eigenvalue weighted by Crippen LogP contribution is -2.73. The number of hydrogen-bond donors (Lipinski definition) is 4. The molecule has 0 heterocycles. The predicted molar refractivity (Wildman–Crippen MR) is 66.0 cm³/mol. The van der Waals surface area contributed by atoms with E-state index in [0.717, 1.165) is 25.7 Å². The third-order valence-corrected chi connectivity index (χ3v) is 5.76. The Bertz CT molecular complexity index is 294. The summed E-state index contributed by atoms with van der Waals surface area (Å²) in [6, 6.07) is 0. The van der Waals surface area contributed by atoms with E-state index < -0.39 is 22.4 Å². The molecule has 0 bridgehead atoms. The second-order valence-corrected chi connectivity index (χ2v) is 6.89. The van der Waals surface area contributed by atoms with Gasteiger partial charge in [-0.1, -0.05) is 25.7 Å². The minimum atomic E-state index is -1.22. The van der Waals surface area contributed by atoms with Crippen molar-refractivity contribution < 1.29 is 20.4 Å². The van der Waals surface area contributed by atoms with Crippen molar-refractivity contribution in [3.63, 3.8) is 0 Å². The summed E-state index contributed by atoms with van der Waals surface area (Å²) in [5.41, 5.74) is -4.87. The van der Waals surface area contributed by atoms with Gasteiger partial charge in [0.05, 0.1) is 22.4 Å². The van der Waals surface area contributed by atoms with Crippen molar-refractivity contribution in [2.75, 3.05) is 0 Å². The lowest BCUT2D eigenvalue weighted by Gasteiger charge is -2.62. The largest absolute Gasteiger partial charge is 0.387 e. The standard InChI is InChI=1S/C14H24O4/c15-11-5-1-2-6-12(11,16)10-14(18)8-4-3-7-13(14,17)9-11/h15-18H,1-10H2. The van der Waals surface area contributed by atoms with Gasteiger partial charge in [0.2, 0.25) is 0 Å². The molecular formula is C14H24O4. The van der Waals surface area contributed by atoms with Crippen LogP contribution < -0.4 is 0 Å². The first kappa shape index (κ1) is 12.9. The maximum Gasteiger partial charge on any atom is 0.0962 e. The summed E-state index contributed by atoms with van der Waals surface area (Å²) in [4.78, 5) is 0. The maximum atomic E-state index is 10.7. The minimum Gasteiger partial charge on any atom is -0.387 e. The molecule has 0 radical (unpaired) electrons. The molecule has 0 saturated heterocycles. The molecule has 0 aromatic carbocycles. The van der Waals surface area contributed by atoms with Gasteiger partial charge >= 0.3 is 0 Å². The van der Waals surface area contributed by atoms with E-state index in [-0.39, 0.29) is 12.8 Å². The van der Waals surface area contributed by atoms with E-state index >= 15 is 0 Å². The SMILES string of the molecule is OC12CCCCC1(O)CC1(O)CCCCC1(O)C2. The first-order valence-corrected chi connectivity index (χ1v) is 7.22. The van der Waals surface area contributed by atoms with Crippen molar-refractivity contribution >= 4 is 0 Å². The topological polar surface area (TPSA) is 80.9 Å². The van der Waals surface area contributed by atoms with Gasteiger partial charge in [-0.05, 0) is 25.7 Å². The summed E-state index contributed by atoms with van der Waals surface area (Å²) >= 11 is 0. The quantitative estimate of drug-likeness (QED) is 0.518. The molecule has 4 N–H and O–H groups in total. The van der Waals surface area contributed by atoms with Gasteiger partial charge in [-0.3, -0.25) is 0 Å². The molecule has 0 aromatic heterocycles. The highest BCUT2D eigenvalue weighted by Gasteiger charge is 2.67. The van der Waals surface area contributed by atoms with Gasteiger partial charge in [0.15, 0.2) is 0 Å². The van der Waals surface area contributed by atoms with Gasteiger partial charge in [0.1, 0.15) is 0 Å². The predicted octanol–water partition coefficient (Wildman–Crippen LogP) is 0.853. The summed E-state index contributed by atoms with van der Waals surface area (Å²) in [5.74, 6) is 0. The van der Waals surface area contributed by atoms with E-state index in [4.69, 9.17) is 0 Å². The van der Waals surface area contributed by atoms with Crippen LogP contribution in [-0.2, 0) is 0 Å². The van der Waals surface area contributed by atoms with Crippen LogP contribution in [0, 0.1) is 0 Å². The molecule has 0 amide bonds. The van der Waals surface area contributed by atoms with E-state index in [2.05, 4.69) is 0 Å². The van der Waals surface area contributed by atoms with Crippen molar-refractivity contribution in [2.24, 2.45) is 0 Å². The van der Waals surface area contributed by atoms with Crippen LogP contribution in [0.2, 0.25) is 0 Å². The monoisotopic (exact) mass is 256 g/mol. The third kappa shape index (κ3) is 1.52. The van der Waals surface area contributed by atoms with Gasteiger partial charge in [0.25, 0.3) is 0 Å². The molecule has 4 heteroatoms. The third-order valence-electron chi connectivity index (χ3n) is 5.76. The van der Waals surface area contributed by atoms with E-state index in [1.54, 1.807) is 0 Å². The average molecular weight is 256 g/mol. The molecule has 3 rings (SSSR count). The Morgan fingerprint density at radius 1 is 0.444 bits per heavy atom. The van der Waals surface area contributed by atoms with Gasteiger partial charge in [0, 0.05) is 12.8 Å². The van der Waals surface area contributed by atoms with Gasteiger partial charge in [-0.25, -0.2) is 0 Å². The van der Waals surface area contributed by atoms with Crippen LogP contribution in [0.5, 0.6) is 0 Å². The van der Waals surface area contributed by atoms with E-state index in [0.29, 0.717) is 25.7 Å². The Balaban J connectivity index is 1.98. The lowest BCUT2D eigenvalue weighted by molar-refractivity contribution is -0.306. The second-order valence-electron chi connectivity index (χ2n) is 6.89. The smallest absolute Gasteiger partial charge is 0.0962 e. The first-order valence-electron chi connectivity index (χ1n) is 7.22. The highest BCUT2D eigenvalue weighted by Crippen LogP contribution is 2.57. The molecule has 3 aliphatic rings. The average Bonchev–Trinajstić information content (AvgIpc) is 2.27. The van der Waals surface area contributed by atoms with Crippen LogP contribution in [0.15, 0.2) is 0 Å². The molecule has 3 fully saturated rings. The first-order chi connectivity index (χ1) is 8.33. The number of rotatable bonds is 0. The molecule has 104 valence electrons. The van der Waals surface area contributed by atoms with Crippen LogP contribution in [0.4, 0.5) is 0 Å². The Hall–Kier alpha value is -0.160. The molecule has 3 saturated carbocycles. The molecule has 0 spiro atoms. The number of fused-ring (bicyclic) bond motifs is 2. The van der Waals surface area contributed by atoms with Crippen molar-refractivity contribution in [1.82, 2.24) is 0 Å². The Morgan fingerprint density at radius 2 is 0.667 bits per heavy atom. The van der Waals surface area contributed by atoms with Gasteiger partial charge < -0.3 is 20.4 Å². The summed E-state index contributed by atoms with van der Waals surface area (Å²) in [5, 5.41) is 43.0. The van der Waals surface area contributed by atoms with E-state index in [9.17, 15) is 20.4 Å². The maximum absolute atomic E-state index is 10.7.